The zero-order valence-corrected chi connectivity index (χ0v) is 6.10. The first-order valence-corrected chi connectivity index (χ1v) is 3.20. The lowest BCUT2D eigenvalue weighted by Gasteiger charge is -1.93. The summed E-state index contributed by atoms with van der Waals surface area (Å²) >= 11 is 0. The second-order valence-electron chi connectivity index (χ2n) is 2.11. The van der Waals surface area contributed by atoms with Crippen molar-refractivity contribution < 1.29 is 19.5 Å². The van der Waals surface area contributed by atoms with E-state index in [2.05, 4.69) is 5.16 Å². The molecule has 1 aromatic heterocycles. The van der Waals surface area contributed by atoms with E-state index in [1.54, 1.807) is 12.1 Å². The number of carbonyl (C=O) groups is 1. The summed E-state index contributed by atoms with van der Waals surface area (Å²) in [7, 11) is 0. The predicted molar refractivity (Wildman–Crippen MR) is 39.3 cm³/mol. The average Bonchev–Trinajstić information content (AvgIpc) is 2.51. The first-order chi connectivity index (χ1) is 5.74. The van der Waals surface area contributed by atoms with Crippen molar-refractivity contribution in [3.05, 3.63) is 24.2 Å². The number of aliphatic carboxylic acids is 1. The number of hydrogen-bond donors (Lipinski definition) is 2. The maximum Gasteiger partial charge on any atom is 0.354 e. The zero-order valence-electron chi connectivity index (χ0n) is 6.10. The SMILES string of the molecule is O=C(O)/C(Cc1ccco1)=N\O. The van der Waals surface area contributed by atoms with Crippen LogP contribution in [0.15, 0.2) is 28.0 Å². The van der Waals surface area contributed by atoms with Crippen LogP contribution >= 0.6 is 0 Å². The number of rotatable bonds is 3. The van der Waals surface area contributed by atoms with Crippen LogP contribution in [0, 0.1) is 0 Å². The highest BCUT2D eigenvalue weighted by molar-refractivity contribution is 6.35. The van der Waals surface area contributed by atoms with Crippen molar-refractivity contribution in [2.24, 2.45) is 5.16 Å². The minimum absolute atomic E-state index is 0.0150. The molecule has 0 amide bonds. The van der Waals surface area contributed by atoms with Crippen LogP contribution in [0.3, 0.4) is 0 Å². The number of furan rings is 1. The van der Waals surface area contributed by atoms with Crippen LogP contribution in [0.5, 0.6) is 0 Å². The highest BCUT2D eigenvalue weighted by atomic mass is 16.4. The zero-order chi connectivity index (χ0) is 8.97. The first kappa shape index (κ1) is 8.32. The molecule has 0 spiro atoms. The Balaban J connectivity index is 2.68. The molecule has 0 unspecified atom stereocenters. The molecule has 0 fully saturated rings. The Kier molecular flexibility index (Phi) is 2.47. The van der Waals surface area contributed by atoms with Crippen molar-refractivity contribution in [2.75, 3.05) is 0 Å². The topological polar surface area (TPSA) is 83.0 Å². The van der Waals surface area contributed by atoms with Crippen LogP contribution in [-0.4, -0.2) is 22.0 Å². The van der Waals surface area contributed by atoms with Gasteiger partial charge in [0.2, 0.25) is 0 Å². The van der Waals surface area contributed by atoms with Gasteiger partial charge in [0.25, 0.3) is 0 Å². The molecule has 0 atom stereocenters. The predicted octanol–water partition coefficient (Wildman–Crippen LogP) is 0.737. The van der Waals surface area contributed by atoms with Gasteiger partial charge in [-0.3, -0.25) is 0 Å². The molecule has 1 aromatic rings. The van der Waals surface area contributed by atoms with E-state index in [-0.39, 0.29) is 12.1 Å². The van der Waals surface area contributed by atoms with E-state index in [1.807, 2.05) is 0 Å². The van der Waals surface area contributed by atoms with Gasteiger partial charge in [0.15, 0.2) is 5.71 Å². The van der Waals surface area contributed by atoms with Crippen molar-refractivity contribution in [2.45, 2.75) is 6.42 Å². The number of carboxylic acid groups (broad SMARTS) is 1. The Bertz CT molecular complexity index is 288. The largest absolute Gasteiger partial charge is 0.477 e. The van der Waals surface area contributed by atoms with Crippen molar-refractivity contribution >= 4 is 11.7 Å². The average molecular weight is 169 g/mol. The monoisotopic (exact) mass is 169 g/mol. The highest BCUT2D eigenvalue weighted by Crippen LogP contribution is 2.02. The van der Waals surface area contributed by atoms with Gasteiger partial charge in [-0.05, 0) is 12.1 Å². The lowest BCUT2D eigenvalue weighted by atomic mass is 10.2. The van der Waals surface area contributed by atoms with Crippen molar-refractivity contribution in [1.29, 1.82) is 0 Å². The van der Waals surface area contributed by atoms with Crippen molar-refractivity contribution in [3.8, 4) is 0 Å². The third-order valence-electron chi connectivity index (χ3n) is 1.29. The van der Waals surface area contributed by atoms with E-state index in [9.17, 15) is 4.79 Å². The summed E-state index contributed by atoms with van der Waals surface area (Å²) in [5.74, 6) is -0.806. The van der Waals surface area contributed by atoms with Gasteiger partial charge in [-0.15, -0.1) is 0 Å². The smallest absolute Gasteiger partial charge is 0.354 e. The van der Waals surface area contributed by atoms with Gasteiger partial charge < -0.3 is 14.7 Å². The summed E-state index contributed by atoms with van der Waals surface area (Å²) in [4.78, 5) is 10.3. The van der Waals surface area contributed by atoms with Crippen LogP contribution in [0.4, 0.5) is 0 Å². The minimum atomic E-state index is -1.26. The Morgan fingerprint density at radius 1 is 1.67 bits per heavy atom. The van der Waals surface area contributed by atoms with Crippen LogP contribution in [0.2, 0.25) is 0 Å². The van der Waals surface area contributed by atoms with E-state index in [0.717, 1.165) is 0 Å². The molecule has 0 saturated heterocycles. The molecule has 0 aliphatic carbocycles. The normalized spacial score (nSPS) is 11.5. The molecule has 5 nitrogen and oxygen atoms in total. The maximum absolute atomic E-state index is 10.3. The summed E-state index contributed by atoms with van der Waals surface area (Å²) < 4.78 is 4.86. The van der Waals surface area contributed by atoms with Gasteiger partial charge in [-0.1, -0.05) is 5.16 Å². The third-order valence-corrected chi connectivity index (χ3v) is 1.29. The fourth-order valence-electron chi connectivity index (χ4n) is 0.732. The Labute approximate surface area is 67.9 Å². The first-order valence-electron chi connectivity index (χ1n) is 3.20. The molecule has 0 aliphatic heterocycles. The van der Waals surface area contributed by atoms with E-state index in [0.29, 0.717) is 5.76 Å². The van der Waals surface area contributed by atoms with Gasteiger partial charge in [0.1, 0.15) is 5.76 Å². The number of carboxylic acids is 1. The van der Waals surface area contributed by atoms with Crippen molar-refractivity contribution in [3.63, 3.8) is 0 Å². The Morgan fingerprint density at radius 3 is 2.83 bits per heavy atom. The number of oxime groups is 1. The third kappa shape index (κ3) is 1.85. The van der Waals surface area contributed by atoms with Gasteiger partial charge in [-0.25, -0.2) is 4.79 Å². The summed E-state index contributed by atoms with van der Waals surface area (Å²) in [6.07, 6.45) is 1.41. The summed E-state index contributed by atoms with van der Waals surface area (Å²) in [5, 5.41) is 19.3. The fraction of sp³-hybridized carbons (Fsp3) is 0.143. The van der Waals surface area contributed by atoms with Gasteiger partial charge in [0.05, 0.1) is 12.7 Å². The molecule has 0 saturated carbocycles. The molecule has 0 radical (unpaired) electrons. The summed E-state index contributed by atoms with van der Waals surface area (Å²) in [5.41, 5.74) is -0.343. The summed E-state index contributed by atoms with van der Waals surface area (Å²) in [6.45, 7) is 0. The minimum Gasteiger partial charge on any atom is -0.477 e. The highest BCUT2D eigenvalue weighted by Gasteiger charge is 2.11. The molecule has 0 aliphatic rings. The van der Waals surface area contributed by atoms with E-state index in [4.69, 9.17) is 14.7 Å². The molecule has 1 heterocycles. The van der Waals surface area contributed by atoms with E-state index >= 15 is 0 Å². The van der Waals surface area contributed by atoms with Crippen LogP contribution in [-0.2, 0) is 11.2 Å². The fourth-order valence-corrected chi connectivity index (χ4v) is 0.732. The molecule has 5 heteroatoms. The van der Waals surface area contributed by atoms with E-state index < -0.39 is 5.97 Å². The molecular weight excluding hydrogens is 162 g/mol. The van der Waals surface area contributed by atoms with Crippen LogP contribution < -0.4 is 0 Å². The lowest BCUT2D eigenvalue weighted by Crippen LogP contribution is -2.15. The van der Waals surface area contributed by atoms with Gasteiger partial charge in [-0.2, -0.15) is 0 Å². The molecule has 64 valence electrons. The molecule has 1 rings (SSSR count). The lowest BCUT2D eigenvalue weighted by molar-refractivity contribution is -0.129. The molecular formula is C7H7NO4. The quantitative estimate of drug-likeness (QED) is 0.397. The van der Waals surface area contributed by atoms with E-state index in [1.165, 1.54) is 6.26 Å². The second-order valence-corrected chi connectivity index (χ2v) is 2.11. The Hall–Kier alpha value is -1.78. The van der Waals surface area contributed by atoms with Gasteiger partial charge >= 0.3 is 5.97 Å². The van der Waals surface area contributed by atoms with Crippen LogP contribution in [0.25, 0.3) is 0 Å². The number of nitrogens with zero attached hydrogens (tertiary/aromatic N) is 1. The molecule has 12 heavy (non-hydrogen) atoms. The van der Waals surface area contributed by atoms with Gasteiger partial charge in [0, 0.05) is 0 Å². The van der Waals surface area contributed by atoms with Crippen molar-refractivity contribution in [1.82, 2.24) is 0 Å². The Morgan fingerprint density at radius 2 is 2.42 bits per heavy atom. The number of hydrogen-bond acceptors (Lipinski definition) is 4. The molecule has 2 N–H and O–H groups in total. The molecule has 0 bridgehead atoms. The van der Waals surface area contributed by atoms with Crippen LogP contribution in [0.1, 0.15) is 5.76 Å². The summed E-state index contributed by atoms with van der Waals surface area (Å²) in [6, 6.07) is 3.24. The second kappa shape index (κ2) is 3.56. The molecule has 0 aromatic carbocycles. The standard InChI is InChI=1S/C7H7NO4/c9-7(10)6(8-11)4-5-2-1-3-12-5/h1-3,11H,4H2,(H,9,10)/b8-6-. The maximum atomic E-state index is 10.3.